The Labute approximate surface area is 155 Å². The average Bonchev–Trinajstić information content (AvgIpc) is 2.68. The van der Waals surface area contributed by atoms with Crippen molar-refractivity contribution in [2.24, 2.45) is 0 Å². The number of nitrogens with zero attached hydrogens (tertiary/aromatic N) is 2. The number of carbonyl (C=O) groups is 1. The molecule has 26 heavy (non-hydrogen) atoms. The molecule has 0 saturated heterocycles. The predicted octanol–water partition coefficient (Wildman–Crippen LogP) is 4.02. The van der Waals surface area contributed by atoms with Crippen LogP contribution in [0.5, 0.6) is 0 Å². The van der Waals surface area contributed by atoms with Crippen LogP contribution >= 0.6 is 0 Å². The highest BCUT2D eigenvalue weighted by molar-refractivity contribution is 5.92. The number of aryl methyl sites for hydroxylation is 1. The van der Waals surface area contributed by atoms with Gasteiger partial charge >= 0.3 is 0 Å². The van der Waals surface area contributed by atoms with E-state index < -0.39 is 0 Å². The van der Waals surface area contributed by atoms with Gasteiger partial charge in [0.2, 0.25) is 5.95 Å². The minimum atomic E-state index is -0.189. The molecule has 0 bridgehead atoms. The molecule has 0 unspecified atom stereocenters. The molecule has 1 heterocycles. The zero-order chi connectivity index (χ0) is 18.2. The Morgan fingerprint density at radius 2 is 2.00 bits per heavy atom. The van der Waals surface area contributed by atoms with Crippen molar-refractivity contribution in [1.29, 1.82) is 0 Å². The molecule has 1 aromatic heterocycles. The first-order chi connectivity index (χ1) is 12.7. The van der Waals surface area contributed by atoms with Crippen LogP contribution in [-0.4, -0.2) is 22.4 Å². The normalized spacial score (nSPS) is 13.8. The van der Waals surface area contributed by atoms with Gasteiger partial charge in [0.1, 0.15) is 5.69 Å². The van der Waals surface area contributed by atoms with Crippen LogP contribution in [-0.2, 0) is 6.54 Å². The molecule has 1 aliphatic carbocycles. The van der Waals surface area contributed by atoms with Crippen molar-refractivity contribution >= 4 is 11.9 Å². The Hall–Kier alpha value is -2.69. The third-order valence-electron chi connectivity index (χ3n) is 4.58. The van der Waals surface area contributed by atoms with Gasteiger partial charge in [0.15, 0.2) is 0 Å². The Bertz CT molecular complexity index is 768. The second kappa shape index (κ2) is 9.13. The molecule has 0 radical (unpaired) electrons. The predicted molar refractivity (Wildman–Crippen MR) is 104 cm³/mol. The third-order valence-corrected chi connectivity index (χ3v) is 4.58. The number of allylic oxidation sites excluding steroid dienone is 1. The molecule has 0 saturated carbocycles. The second-order valence-electron chi connectivity index (χ2n) is 6.72. The fraction of sp³-hybridized carbons (Fsp3) is 0.381. The maximum Gasteiger partial charge on any atom is 0.270 e. The van der Waals surface area contributed by atoms with Crippen LogP contribution in [0, 0.1) is 6.92 Å². The fourth-order valence-electron chi connectivity index (χ4n) is 3.02. The quantitative estimate of drug-likeness (QED) is 0.740. The number of rotatable bonds is 7. The lowest BCUT2D eigenvalue weighted by molar-refractivity contribution is 0.0946. The monoisotopic (exact) mass is 350 g/mol. The lowest BCUT2D eigenvalue weighted by Gasteiger charge is -2.13. The topological polar surface area (TPSA) is 66.9 Å². The molecule has 0 fully saturated rings. The number of hydrogen-bond donors (Lipinski definition) is 2. The molecule has 5 nitrogen and oxygen atoms in total. The van der Waals surface area contributed by atoms with Gasteiger partial charge < -0.3 is 10.6 Å². The Morgan fingerprint density at radius 1 is 1.15 bits per heavy atom. The minimum absolute atomic E-state index is 0.189. The molecule has 2 N–H and O–H groups in total. The smallest absolute Gasteiger partial charge is 0.270 e. The summed E-state index contributed by atoms with van der Waals surface area (Å²) in [5, 5.41) is 6.13. The van der Waals surface area contributed by atoms with Crippen molar-refractivity contribution in [3.05, 3.63) is 65.0 Å². The summed E-state index contributed by atoms with van der Waals surface area (Å²) in [5.41, 5.74) is 4.16. The van der Waals surface area contributed by atoms with Gasteiger partial charge in [-0.1, -0.05) is 41.5 Å². The first kappa shape index (κ1) is 18.1. The van der Waals surface area contributed by atoms with E-state index in [1.165, 1.54) is 36.8 Å². The molecule has 3 rings (SSSR count). The van der Waals surface area contributed by atoms with Gasteiger partial charge in [-0.25, -0.2) is 9.97 Å². The molecular weight excluding hydrogens is 324 g/mol. The van der Waals surface area contributed by atoms with Gasteiger partial charge in [-0.15, -0.1) is 0 Å². The average molecular weight is 350 g/mol. The minimum Gasteiger partial charge on any atom is -0.354 e. The number of aromatic nitrogens is 2. The zero-order valence-electron chi connectivity index (χ0n) is 15.3. The van der Waals surface area contributed by atoms with Crippen molar-refractivity contribution in [2.75, 3.05) is 11.9 Å². The molecule has 0 aliphatic heterocycles. The molecule has 1 aromatic carbocycles. The molecule has 5 heteroatoms. The number of carbonyl (C=O) groups excluding carboxylic acids is 1. The number of benzene rings is 1. The van der Waals surface area contributed by atoms with E-state index in [9.17, 15) is 4.79 Å². The van der Waals surface area contributed by atoms with Crippen molar-refractivity contribution < 1.29 is 4.79 Å². The Kier molecular flexibility index (Phi) is 6.36. The first-order valence-electron chi connectivity index (χ1n) is 9.29. The van der Waals surface area contributed by atoms with E-state index in [2.05, 4.69) is 26.7 Å². The Morgan fingerprint density at radius 3 is 2.77 bits per heavy atom. The van der Waals surface area contributed by atoms with Gasteiger partial charge in [-0.2, -0.15) is 0 Å². The van der Waals surface area contributed by atoms with Crippen LogP contribution in [0.1, 0.15) is 53.7 Å². The van der Waals surface area contributed by atoms with Crippen molar-refractivity contribution in [1.82, 2.24) is 15.3 Å². The zero-order valence-corrected chi connectivity index (χ0v) is 15.3. The maximum absolute atomic E-state index is 12.3. The molecule has 136 valence electrons. The van der Waals surface area contributed by atoms with Crippen molar-refractivity contribution in [2.45, 2.75) is 45.6 Å². The Balaban J connectivity index is 1.50. The van der Waals surface area contributed by atoms with E-state index in [1.54, 1.807) is 12.3 Å². The summed E-state index contributed by atoms with van der Waals surface area (Å²) in [7, 11) is 0. The summed E-state index contributed by atoms with van der Waals surface area (Å²) in [6, 6.07) is 9.75. The van der Waals surface area contributed by atoms with Gasteiger partial charge in [-0.3, -0.25) is 4.79 Å². The number of nitrogens with one attached hydrogen (secondary N) is 2. The highest BCUT2D eigenvalue weighted by atomic mass is 16.1. The lowest BCUT2D eigenvalue weighted by Crippen LogP contribution is -2.24. The number of hydrogen-bond acceptors (Lipinski definition) is 4. The van der Waals surface area contributed by atoms with E-state index in [4.69, 9.17) is 0 Å². The molecule has 1 aliphatic rings. The van der Waals surface area contributed by atoms with E-state index in [0.717, 1.165) is 18.5 Å². The molecular formula is C21H26N4O. The summed E-state index contributed by atoms with van der Waals surface area (Å²) in [6.45, 7) is 3.32. The largest absolute Gasteiger partial charge is 0.354 e. The van der Waals surface area contributed by atoms with Crippen molar-refractivity contribution in [3.63, 3.8) is 0 Å². The van der Waals surface area contributed by atoms with Crippen LogP contribution < -0.4 is 10.6 Å². The van der Waals surface area contributed by atoms with Crippen molar-refractivity contribution in [3.8, 4) is 0 Å². The second-order valence-corrected chi connectivity index (χ2v) is 6.72. The number of amides is 1. The van der Waals surface area contributed by atoms with Crippen LogP contribution in [0.3, 0.4) is 0 Å². The van der Waals surface area contributed by atoms with Gasteiger partial charge in [0.05, 0.1) is 0 Å². The van der Waals surface area contributed by atoms with Gasteiger partial charge in [0, 0.05) is 19.3 Å². The van der Waals surface area contributed by atoms with Gasteiger partial charge in [-0.05, 0) is 50.7 Å². The summed E-state index contributed by atoms with van der Waals surface area (Å²) in [5.74, 6) is 0.315. The molecule has 2 aromatic rings. The fourth-order valence-corrected chi connectivity index (χ4v) is 3.02. The summed E-state index contributed by atoms with van der Waals surface area (Å²) >= 11 is 0. The highest BCUT2D eigenvalue weighted by Gasteiger charge is 2.09. The molecule has 0 atom stereocenters. The van der Waals surface area contributed by atoms with Gasteiger partial charge in [0.25, 0.3) is 5.91 Å². The third kappa shape index (κ3) is 5.41. The maximum atomic E-state index is 12.3. The summed E-state index contributed by atoms with van der Waals surface area (Å²) in [6.07, 6.45) is 9.97. The first-order valence-corrected chi connectivity index (χ1v) is 9.29. The van der Waals surface area contributed by atoms with E-state index in [0.29, 0.717) is 18.2 Å². The molecule has 0 spiro atoms. The van der Waals surface area contributed by atoms with Crippen LogP contribution in [0.4, 0.5) is 5.95 Å². The highest BCUT2D eigenvalue weighted by Crippen LogP contribution is 2.19. The standard InChI is InChI=1S/C21H26N4O/c1-16-7-9-18(10-8-16)15-24-20(26)19-12-14-23-21(25-19)22-13-11-17-5-3-2-4-6-17/h5,7-10,12,14H,2-4,6,11,13,15H2,1H3,(H,24,26)(H,22,23,25). The lowest BCUT2D eigenvalue weighted by atomic mass is 9.97. The van der Waals surface area contributed by atoms with E-state index >= 15 is 0 Å². The molecule has 1 amide bonds. The van der Waals surface area contributed by atoms with Crippen LogP contribution in [0.2, 0.25) is 0 Å². The summed E-state index contributed by atoms with van der Waals surface area (Å²) < 4.78 is 0. The van der Waals surface area contributed by atoms with E-state index in [-0.39, 0.29) is 5.91 Å². The van der Waals surface area contributed by atoms with Crippen LogP contribution in [0.15, 0.2) is 48.2 Å². The van der Waals surface area contributed by atoms with E-state index in [1.807, 2.05) is 31.2 Å². The SMILES string of the molecule is Cc1ccc(CNC(=O)c2ccnc(NCCC3=CCCCC3)n2)cc1. The number of anilines is 1. The van der Waals surface area contributed by atoms with Crippen LogP contribution in [0.25, 0.3) is 0 Å². The summed E-state index contributed by atoms with van der Waals surface area (Å²) in [4.78, 5) is 20.9.